The zero-order valence-corrected chi connectivity index (χ0v) is 31.8. The molecule has 1 aliphatic heterocycles. The van der Waals surface area contributed by atoms with Crippen molar-refractivity contribution in [3.63, 3.8) is 0 Å². The van der Waals surface area contributed by atoms with Crippen molar-refractivity contribution in [2.45, 2.75) is 33.1 Å². The molecule has 0 fully saturated rings. The zero-order chi connectivity index (χ0) is 36.9. The first-order valence-electron chi connectivity index (χ1n) is 18.7. The van der Waals surface area contributed by atoms with E-state index in [1.54, 1.807) is 11.3 Å². The van der Waals surface area contributed by atoms with E-state index in [2.05, 4.69) is 212 Å². The number of hydrogen-bond acceptors (Lipinski definition) is 2. The first-order valence-corrected chi connectivity index (χ1v) is 19.6. The van der Waals surface area contributed by atoms with Gasteiger partial charge in [-0.2, -0.15) is 0 Å². The minimum atomic E-state index is 0.820. The lowest BCUT2D eigenvalue weighted by Gasteiger charge is -2.19. The molecule has 0 N–H and O–H groups in total. The van der Waals surface area contributed by atoms with Gasteiger partial charge < -0.3 is 9.47 Å². The summed E-state index contributed by atoms with van der Waals surface area (Å²) in [5.41, 5.74) is 14.7. The van der Waals surface area contributed by atoms with E-state index >= 15 is 0 Å². The Morgan fingerprint density at radius 2 is 1.43 bits per heavy atom. The van der Waals surface area contributed by atoms with E-state index in [0.717, 1.165) is 30.5 Å². The third-order valence-corrected chi connectivity index (χ3v) is 11.4. The lowest BCUT2D eigenvalue weighted by molar-refractivity contribution is 0.863. The van der Waals surface area contributed by atoms with Gasteiger partial charge in [-0.1, -0.05) is 122 Å². The third kappa shape index (κ3) is 7.37. The summed E-state index contributed by atoms with van der Waals surface area (Å²) >= 11 is 1.79. The van der Waals surface area contributed by atoms with Crippen LogP contribution < -0.4 is 4.90 Å². The average molecular weight is 717 g/mol. The van der Waals surface area contributed by atoms with Crippen LogP contribution in [-0.2, 0) is 6.42 Å². The first kappa shape index (κ1) is 34.9. The van der Waals surface area contributed by atoms with Crippen molar-refractivity contribution in [3.05, 3.63) is 221 Å². The molecule has 3 heteroatoms. The molecule has 3 heterocycles. The highest BCUT2D eigenvalue weighted by Crippen LogP contribution is 2.39. The molecule has 2 aliphatic rings. The van der Waals surface area contributed by atoms with Crippen molar-refractivity contribution in [1.82, 2.24) is 4.57 Å². The highest BCUT2D eigenvalue weighted by atomic mass is 32.1. The molecule has 0 unspecified atom stereocenters. The maximum absolute atomic E-state index is 4.40. The fourth-order valence-electron chi connectivity index (χ4n) is 7.41. The first-order chi connectivity index (χ1) is 26.5. The second-order valence-corrected chi connectivity index (χ2v) is 14.8. The van der Waals surface area contributed by atoms with Crippen molar-refractivity contribution in [2.24, 2.45) is 0 Å². The predicted octanol–water partition coefficient (Wildman–Crippen LogP) is 14.2. The molecule has 2 aromatic heterocycles. The number of rotatable bonds is 4. The monoisotopic (exact) mass is 716 g/mol. The van der Waals surface area contributed by atoms with Gasteiger partial charge in [-0.3, -0.25) is 0 Å². The van der Waals surface area contributed by atoms with Gasteiger partial charge in [0.15, 0.2) is 0 Å². The highest BCUT2D eigenvalue weighted by Gasteiger charge is 2.22. The average Bonchev–Trinajstić information content (AvgIpc) is 3.58. The number of hydrogen-bond donors (Lipinski definition) is 0. The van der Waals surface area contributed by atoms with Crippen molar-refractivity contribution < 1.29 is 0 Å². The summed E-state index contributed by atoms with van der Waals surface area (Å²) in [7, 11) is 0. The van der Waals surface area contributed by atoms with Crippen LogP contribution >= 0.6 is 11.3 Å². The van der Waals surface area contributed by atoms with Gasteiger partial charge in [0.05, 0.1) is 5.52 Å². The van der Waals surface area contributed by atoms with Crippen LogP contribution in [0.3, 0.4) is 0 Å². The summed E-state index contributed by atoms with van der Waals surface area (Å²) in [4.78, 5) is 2.16. The predicted molar refractivity (Wildman–Crippen MR) is 235 cm³/mol. The molecule has 0 radical (unpaired) electrons. The number of anilines is 1. The van der Waals surface area contributed by atoms with E-state index in [1.165, 1.54) is 71.3 Å². The lowest BCUT2D eigenvalue weighted by atomic mass is 9.89. The maximum Gasteiger partial charge on any atom is 0.0537 e. The van der Waals surface area contributed by atoms with Gasteiger partial charge in [0, 0.05) is 45.1 Å². The Balaban J connectivity index is 1.15. The van der Waals surface area contributed by atoms with Crippen LogP contribution in [0.25, 0.3) is 43.9 Å². The summed E-state index contributed by atoms with van der Waals surface area (Å²) in [5.74, 6) is 0. The lowest BCUT2D eigenvalue weighted by Crippen LogP contribution is -2.06. The van der Waals surface area contributed by atoms with Gasteiger partial charge in [0.1, 0.15) is 0 Å². The number of benzene rings is 4. The van der Waals surface area contributed by atoms with Crippen LogP contribution in [0.2, 0.25) is 0 Å². The summed E-state index contributed by atoms with van der Waals surface area (Å²) in [5, 5.41) is 4.86. The summed E-state index contributed by atoms with van der Waals surface area (Å²) in [6.45, 7) is 8.75. The van der Waals surface area contributed by atoms with Crippen LogP contribution in [0, 0.1) is 6.92 Å². The SMILES string of the molecule is C=C1/C=C\C=C/N(c2ccccc2)C=CC/C=C(C2=Cc3c(n(-c4ccc(-c5cccc(C)c6ccccc6sc5)cc4)c4ccccc34)CC2)\C=C\1C. The van der Waals surface area contributed by atoms with Gasteiger partial charge in [-0.15, -0.1) is 11.3 Å². The number of allylic oxidation sites excluding steroid dienone is 10. The number of para-hydroxylation sites is 2. The topological polar surface area (TPSA) is 8.17 Å². The molecular formula is C51H44N2S. The maximum atomic E-state index is 4.40. The van der Waals surface area contributed by atoms with Crippen LogP contribution in [0.1, 0.15) is 36.6 Å². The molecular weight excluding hydrogens is 673 g/mol. The molecule has 0 atom stereocenters. The molecule has 0 bridgehead atoms. The fraction of sp³-hybridized carbons (Fsp3) is 0.0980. The number of aromatic nitrogens is 1. The normalized spacial score (nSPS) is 17.9. The molecule has 0 saturated heterocycles. The molecule has 4 aromatic carbocycles. The molecule has 54 heavy (non-hydrogen) atoms. The molecule has 8 rings (SSSR count). The van der Waals surface area contributed by atoms with E-state index < -0.39 is 0 Å². The van der Waals surface area contributed by atoms with Crippen molar-refractivity contribution >= 4 is 44.1 Å². The Morgan fingerprint density at radius 3 is 2.28 bits per heavy atom. The van der Waals surface area contributed by atoms with Crippen molar-refractivity contribution in [3.8, 4) is 16.8 Å². The molecule has 2 nitrogen and oxygen atoms in total. The van der Waals surface area contributed by atoms with Gasteiger partial charge in [-0.25, -0.2) is 0 Å². The standard InChI is InChI=1S/C51H44N2S/c1-37-16-11-13-32-52(44-20-5-4-6-21-44)33-14-12-18-41(34-39(37)3)42-28-31-50-48(35-42)47-23-7-9-24-49(47)53(50)45-29-26-40(27-30-45)43-19-15-17-38(2)46-22-8-10-25-51(46)54-36-43/h4-11,13-27,29-30,32-36H,1,12,28,31H2,2-3H3/b16-11-,19-15?,32-13-,33-14?,38-17?,39-34+,41-18+,43-36?. The second-order valence-electron chi connectivity index (χ2n) is 13.9. The molecule has 1 aliphatic carbocycles. The van der Waals surface area contributed by atoms with Gasteiger partial charge in [0.25, 0.3) is 0 Å². The molecule has 264 valence electrons. The van der Waals surface area contributed by atoms with Crippen LogP contribution in [0.5, 0.6) is 0 Å². The van der Waals surface area contributed by atoms with Gasteiger partial charge >= 0.3 is 0 Å². The van der Waals surface area contributed by atoms with E-state index in [1.807, 2.05) is 0 Å². The minimum absolute atomic E-state index is 0.820. The quantitative estimate of drug-likeness (QED) is 0.176. The minimum Gasteiger partial charge on any atom is -0.324 e. The Morgan fingerprint density at radius 1 is 0.648 bits per heavy atom. The largest absolute Gasteiger partial charge is 0.324 e. The highest BCUT2D eigenvalue weighted by molar-refractivity contribution is 7.16. The zero-order valence-electron chi connectivity index (χ0n) is 31.0. The Kier molecular flexibility index (Phi) is 10.2. The Hall–Kier alpha value is -6.16. The van der Waals surface area contributed by atoms with E-state index in [9.17, 15) is 0 Å². The smallest absolute Gasteiger partial charge is 0.0537 e. The summed E-state index contributed by atoms with van der Waals surface area (Å²) in [6, 6.07) is 43.7. The molecule has 6 aromatic rings. The van der Waals surface area contributed by atoms with Crippen LogP contribution in [0.4, 0.5) is 5.69 Å². The summed E-state index contributed by atoms with van der Waals surface area (Å²) < 4.78 is 3.76. The molecule has 0 spiro atoms. The summed E-state index contributed by atoms with van der Waals surface area (Å²) in [6.07, 6.45) is 22.6. The van der Waals surface area contributed by atoms with Crippen LogP contribution in [0.15, 0.2) is 204 Å². The van der Waals surface area contributed by atoms with Gasteiger partial charge in [0.2, 0.25) is 0 Å². The number of fused-ring (bicyclic) bond motifs is 4. The van der Waals surface area contributed by atoms with Crippen LogP contribution in [-0.4, -0.2) is 4.57 Å². The molecule has 0 saturated carbocycles. The molecule has 0 amide bonds. The van der Waals surface area contributed by atoms with E-state index in [0.29, 0.717) is 0 Å². The van der Waals surface area contributed by atoms with Crippen molar-refractivity contribution in [1.29, 1.82) is 0 Å². The van der Waals surface area contributed by atoms with E-state index in [4.69, 9.17) is 0 Å². The number of nitrogens with zero attached hydrogens (tertiary/aromatic N) is 2. The van der Waals surface area contributed by atoms with E-state index in [-0.39, 0.29) is 0 Å². The Labute approximate surface area is 323 Å². The number of aryl methyl sites for hydroxylation is 1. The third-order valence-electron chi connectivity index (χ3n) is 10.4. The van der Waals surface area contributed by atoms with Gasteiger partial charge in [-0.05, 0) is 131 Å². The second kappa shape index (κ2) is 15.8. The Bertz CT molecular complexity index is 2600. The fourth-order valence-corrected chi connectivity index (χ4v) is 8.39. The van der Waals surface area contributed by atoms with Crippen molar-refractivity contribution in [2.75, 3.05) is 4.90 Å².